The Bertz CT molecular complexity index is 590. The van der Waals surface area contributed by atoms with Gasteiger partial charge in [-0.15, -0.1) is 0 Å². The van der Waals surface area contributed by atoms with Gasteiger partial charge in [-0.25, -0.2) is 0 Å². The summed E-state index contributed by atoms with van der Waals surface area (Å²) in [6.07, 6.45) is 32.6. The fourth-order valence-electron chi connectivity index (χ4n) is 8.69. The van der Waals surface area contributed by atoms with E-state index in [0.29, 0.717) is 0 Å². The molecule has 0 nitrogen and oxygen atoms in total. The van der Waals surface area contributed by atoms with Crippen LogP contribution in [-0.2, 0) is 0 Å². The molecule has 0 radical (unpaired) electrons. The molecule has 0 amide bonds. The monoisotopic (exact) mass is 466 g/mol. The lowest BCUT2D eigenvalue weighted by molar-refractivity contribution is 0.107. The lowest BCUT2D eigenvalue weighted by Crippen LogP contribution is -2.29. The predicted molar refractivity (Wildman–Crippen MR) is 149 cm³/mol. The highest BCUT2D eigenvalue weighted by atomic mass is 14.4. The van der Waals surface area contributed by atoms with E-state index in [9.17, 15) is 0 Å². The summed E-state index contributed by atoms with van der Waals surface area (Å²) in [6, 6.07) is 0. The van der Waals surface area contributed by atoms with Crippen LogP contribution in [0.4, 0.5) is 0 Å². The second-order valence-electron chi connectivity index (χ2n) is 13.4. The summed E-state index contributed by atoms with van der Waals surface area (Å²) in [5.74, 6) is 15.4. The van der Waals surface area contributed by atoms with Crippen molar-refractivity contribution in [2.75, 3.05) is 0 Å². The molecule has 0 N–H and O–H groups in total. The molecule has 0 aromatic carbocycles. The first-order valence-corrected chi connectivity index (χ1v) is 16.3. The third-order valence-electron chi connectivity index (χ3n) is 11.1. The number of unbranched alkanes of at least 4 members (excludes halogenated alkanes) is 2. The molecule has 4 fully saturated rings. The molecule has 0 bridgehead atoms. The molecule has 4 saturated carbocycles. The molecular weight excluding hydrogens is 408 g/mol. The van der Waals surface area contributed by atoms with Gasteiger partial charge in [0.2, 0.25) is 0 Å². The van der Waals surface area contributed by atoms with Crippen LogP contribution in [-0.4, -0.2) is 0 Å². The van der Waals surface area contributed by atoms with Crippen molar-refractivity contribution in [2.24, 2.45) is 47.3 Å². The Labute approximate surface area is 214 Å². The molecule has 0 saturated heterocycles. The summed E-state index contributed by atoms with van der Waals surface area (Å²) in [6.45, 7) is 4.68. The molecule has 4 rings (SSSR count). The first-order valence-electron chi connectivity index (χ1n) is 16.3. The summed E-state index contributed by atoms with van der Waals surface area (Å²) in [5.41, 5.74) is 0. The second kappa shape index (κ2) is 14.3. The van der Waals surface area contributed by atoms with Crippen molar-refractivity contribution >= 4 is 0 Å². The summed E-state index contributed by atoms with van der Waals surface area (Å²) in [4.78, 5) is 0. The molecule has 194 valence electrons. The van der Waals surface area contributed by atoms with E-state index in [1.807, 2.05) is 0 Å². The molecule has 0 aromatic rings. The molecule has 0 heteroatoms. The molecular formula is C34H58. The van der Waals surface area contributed by atoms with Crippen LogP contribution in [0.3, 0.4) is 0 Å². The van der Waals surface area contributed by atoms with Gasteiger partial charge in [0, 0.05) is 11.8 Å². The Balaban J connectivity index is 1.10. The molecule has 0 spiro atoms. The fraction of sp³-hybridized carbons (Fsp3) is 0.941. The molecule has 4 aliphatic carbocycles. The smallest absolute Gasteiger partial charge is 0.0203 e. The van der Waals surface area contributed by atoms with Crippen LogP contribution >= 0.6 is 0 Å². The Morgan fingerprint density at radius 2 is 0.794 bits per heavy atom. The Hall–Kier alpha value is -0.440. The van der Waals surface area contributed by atoms with E-state index in [1.165, 1.54) is 89.9 Å². The molecule has 34 heavy (non-hydrogen) atoms. The summed E-state index contributed by atoms with van der Waals surface area (Å²) in [5, 5.41) is 0. The highest BCUT2D eigenvalue weighted by Gasteiger charge is 2.34. The van der Waals surface area contributed by atoms with Crippen LogP contribution in [0.1, 0.15) is 155 Å². The van der Waals surface area contributed by atoms with Crippen LogP contribution in [0.25, 0.3) is 0 Å². The van der Waals surface area contributed by atoms with E-state index in [4.69, 9.17) is 0 Å². The minimum Gasteiger partial charge on any atom is -0.0996 e. The SMILES string of the molecule is CCCCCC1CCC(C2CCC(C3CCC(C#CC4CCC(CCC)CC4)CC3)CC2)CC1. The van der Waals surface area contributed by atoms with Gasteiger partial charge in [-0.2, -0.15) is 0 Å². The Morgan fingerprint density at radius 1 is 0.412 bits per heavy atom. The van der Waals surface area contributed by atoms with Gasteiger partial charge >= 0.3 is 0 Å². The predicted octanol–water partition coefficient (Wildman–Crippen LogP) is 10.6. The van der Waals surface area contributed by atoms with Crippen molar-refractivity contribution in [3.05, 3.63) is 0 Å². The largest absolute Gasteiger partial charge is 0.0996 e. The van der Waals surface area contributed by atoms with Gasteiger partial charge in [0.15, 0.2) is 0 Å². The number of rotatable bonds is 8. The molecule has 0 aliphatic heterocycles. The maximum atomic E-state index is 3.78. The Morgan fingerprint density at radius 3 is 1.26 bits per heavy atom. The van der Waals surface area contributed by atoms with Gasteiger partial charge < -0.3 is 0 Å². The first kappa shape index (κ1) is 26.6. The van der Waals surface area contributed by atoms with Gasteiger partial charge in [-0.3, -0.25) is 0 Å². The zero-order chi connectivity index (χ0) is 23.6. The van der Waals surface area contributed by atoms with Gasteiger partial charge in [0.1, 0.15) is 0 Å². The van der Waals surface area contributed by atoms with Crippen LogP contribution in [0.15, 0.2) is 0 Å². The van der Waals surface area contributed by atoms with Crippen LogP contribution in [0, 0.1) is 59.2 Å². The second-order valence-corrected chi connectivity index (χ2v) is 13.4. The lowest BCUT2D eigenvalue weighted by atomic mass is 9.65. The number of hydrogen-bond donors (Lipinski definition) is 0. The third-order valence-corrected chi connectivity index (χ3v) is 11.1. The van der Waals surface area contributed by atoms with E-state index in [-0.39, 0.29) is 0 Å². The van der Waals surface area contributed by atoms with Crippen LogP contribution < -0.4 is 0 Å². The zero-order valence-corrected chi connectivity index (χ0v) is 23.2. The molecule has 4 aliphatic rings. The zero-order valence-electron chi connectivity index (χ0n) is 23.2. The van der Waals surface area contributed by atoms with Gasteiger partial charge in [0.05, 0.1) is 0 Å². The van der Waals surface area contributed by atoms with Crippen molar-refractivity contribution in [3.63, 3.8) is 0 Å². The number of hydrogen-bond acceptors (Lipinski definition) is 0. The van der Waals surface area contributed by atoms with E-state index in [0.717, 1.165) is 47.3 Å². The lowest BCUT2D eigenvalue weighted by Gasteiger charge is -2.41. The topological polar surface area (TPSA) is 0 Å². The first-order chi connectivity index (χ1) is 16.7. The van der Waals surface area contributed by atoms with Gasteiger partial charge in [-0.1, -0.05) is 77.1 Å². The van der Waals surface area contributed by atoms with Gasteiger partial charge in [-0.05, 0) is 125 Å². The van der Waals surface area contributed by atoms with Crippen LogP contribution in [0.2, 0.25) is 0 Å². The van der Waals surface area contributed by atoms with Gasteiger partial charge in [0.25, 0.3) is 0 Å². The standard InChI is InChI=1S/C34H58/c1-3-5-6-8-28-15-19-31(20-16-28)33-23-25-34(26-24-33)32-21-17-30(18-22-32)14-13-29-11-9-27(7-4-2)10-12-29/h27-34H,3-12,15-26H2,1-2H3. The van der Waals surface area contributed by atoms with Crippen molar-refractivity contribution in [3.8, 4) is 11.8 Å². The average Bonchev–Trinajstić information content (AvgIpc) is 2.89. The average molecular weight is 467 g/mol. The minimum atomic E-state index is 0.729. The van der Waals surface area contributed by atoms with Crippen molar-refractivity contribution in [1.29, 1.82) is 0 Å². The maximum absolute atomic E-state index is 3.78. The maximum Gasteiger partial charge on any atom is 0.0203 e. The molecule has 0 unspecified atom stereocenters. The van der Waals surface area contributed by atoms with Crippen molar-refractivity contribution < 1.29 is 0 Å². The van der Waals surface area contributed by atoms with E-state index in [1.54, 1.807) is 51.4 Å². The molecule has 0 heterocycles. The van der Waals surface area contributed by atoms with Crippen molar-refractivity contribution in [2.45, 2.75) is 155 Å². The highest BCUT2D eigenvalue weighted by Crippen LogP contribution is 2.46. The summed E-state index contributed by atoms with van der Waals surface area (Å²) >= 11 is 0. The molecule has 0 atom stereocenters. The Kier molecular flexibility index (Phi) is 11.2. The quantitative estimate of drug-likeness (QED) is 0.246. The summed E-state index contributed by atoms with van der Waals surface area (Å²) in [7, 11) is 0. The van der Waals surface area contributed by atoms with Crippen molar-refractivity contribution in [1.82, 2.24) is 0 Å². The highest BCUT2D eigenvalue weighted by molar-refractivity contribution is 5.09. The third kappa shape index (κ3) is 8.04. The van der Waals surface area contributed by atoms with Crippen LogP contribution in [0.5, 0.6) is 0 Å². The van der Waals surface area contributed by atoms with E-state index >= 15 is 0 Å². The molecule has 0 aromatic heterocycles. The minimum absolute atomic E-state index is 0.729. The van der Waals surface area contributed by atoms with E-state index in [2.05, 4.69) is 25.7 Å². The summed E-state index contributed by atoms with van der Waals surface area (Å²) < 4.78 is 0. The fourth-order valence-corrected chi connectivity index (χ4v) is 8.69. The normalized spacial score (nSPS) is 39.2. The van der Waals surface area contributed by atoms with E-state index < -0.39 is 0 Å².